The largest absolute Gasteiger partial charge is 0.459 e. The van der Waals surface area contributed by atoms with E-state index in [9.17, 15) is 5.11 Å². The van der Waals surface area contributed by atoms with Crippen LogP contribution in [0, 0.1) is 5.41 Å². The molecule has 1 aliphatic heterocycles. The molecule has 0 bridgehead atoms. The lowest BCUT2D eigenvalue weighted by molar-refractivity contribution is 0.127. The van der Waals surface area contributed by atoms with Gasteiger partial charge >= 0.3 is 0 Å². The highest BCUT2D eigenvalue weighted by atomic mass is 127. The number of nitrogens with zero attached hydrogens (tertiary/aromatic N) is 1. The number of furan rings is 1. The van der Waals surface area contributed by atoms with Crippen LogP contribution in [0.2, 0.25) is 0 Å². The molecule has 2 aromatic rings. The van der Waals surface area contributed by atoms with Gasteiger partial charge in [0.05, 0.1) is 6.61 Å². The van der Waals surface area contributed by atoms with Crippen LogP contribution in [-0.4, -0.2) is 44.0 Å². The van der Waals surface area contributed by atoms with Crippen LogP contribution in [0.1, 0.15) is 25.5 Å². The van der Waals surface area contributed by atoms with E-state index in [2.05, 4.69) is 15.6 Å². The van der Waals surface area contributed by atoms with Gasteiger partial charge in [-0.25, -0.2) is 4.99 Å². The number of aliphatic hydroxyl groups is 1. The van der Waals surface area contributed by atoms with Crippen LogP contribution in [0.25, 0.3) is 11.0 Å². The molecule has 2 heterocycles. The molecule has 7 heteroatoms. The smallest absolute Gasteiger partial charge is 0.191 e. The maximum absolute atomic E-state index is 9.34. The predicted molar refractivity (Wildman–Crippen MR) is 114 cm³/mol. The summed E-state index contributed by atoms with van der Waals surface area (Å²) in [4.78, 5) is 4.63. The fourth-order valence-corrected chi connectivity index (χ4v) is 3.20. The van der Waals surface area contributed by atoms with E-state index < -0.39 is 0 Å². The van der Waals surface area contributed by atoms with Gasteiger partial charge in [-0.2, -0.15) is 0 Å². The minimum atomic E-state index is -0.00962. The average Bonchev–Trinajstić information content (AvgIpc) is 3.24. The Labute approximate surface area is 171 Å². The van der Waals surface area contributed by atoms with Crippen LogP contribution in [-0.2, 0) is 11.3 Å². The van der Waals surface area contributed by atoms with Crippen molar-refractivity contribution in [1.82, 2.24) is 10.6 Å². The van der Waals surface area contributed by atoms with Gasteiger partial charge in [-0.3, -0.25) is 0 Å². The second-order valence-corrected chi connectivity index (χ2v) is 6.58. The topological polar surface area (TPSA) is 79.0 Å². The van der Waals surface area contributed by atoms with Gasteiger partial charge in [0.1, 0.15) is 17.9 Å². The van der Waals surface area contributed by atoms with Crippen LogP contribution >= 0.6 is 24.0 Å². The predicted octanol–water partition coefficient (Wildman–Crippen LogP) is 2.90. The van der Waals surface area contributed by atoms with E-state index in [1.165, 1.54) is 0 Å². The van der Waals surface area contributed by atoms with Gasteiger partial charge in [0, 0.05) is 37.1 Å². The summed E-state index contributed by atoms with van der Waals surface area (Å²) >= 11 is 0. The molecule has 6 nitrogen and oxygen atoms in total. The molecule has 1 unspecified atom stereocenters. The number of halogens is 1. The van der Waals surface area contributed by atoms with Gasteiger partial charge < -0.3 is 24.9 Å². The number of hydrogen-bond acceptors (Lipinski definition) is 4. The van der Waals surface area contributed by atoms with Gasteiger partial charge in [-0.05, 0) is 31.9 Å². The first kappa shape index (κ1) is 21.0. The quantitative estimate of drug-likeness (QED) is 0.328. The highest BCUT2D eigenvalue weighted by Gasteiger charge is 2.34. The molecule has 1 aromatic heterocycles. The fourth-order valence-electron chi connectivity index (χ4n) is 3.20. The Bertz CT molecular complexity index is 678. The lowest BCUT2D eigenvalue weighted by atomic mass is 9.84. The molecular weight excluding hydrogens is 445 g/mol. The average molecular weight is 473 g/mol. The minimum absolute atomic E-state index is 0. The first-order valence-electron chi connectivity index (χ1n) is 8.93. The standard InChI is InChI=1S/C19H27N3O3.HI/c1-2-20-18(22-13-19(7-9-23)8-10-24-14-19)21-12-16-11-15-5-3-4-6-17(15)25-16;/h3-6,11,23H,2,7-10,12-14H2,1H3,(H2,20,21,22);1H. The van der Waals surface area contributed by atoms with E-state index in [0.717, 1.165) is 55.2 Å². The second kappa shape index (κ2) is 10.1. The van der Waals surface area contributed by atoms with E-state index in [4.69, 9.17) is 9.15 Å². The van der Waals surface area contributed by atoms with Gasteiger partial charge in [-0.1, -0.05) is 18.2 Å². The Morgan fingerprint density at radius 3 is 2.85 bits per heavy atom. The van der Waals surface area contributed by atoms with E-state index in [-0.39, 0.29) is 36.0 Å². The van der Waals surface area contributed by atoms with E-state index in [0.29, 0.717) is 13.2 Å². The fraction of sp³-hybridized carbons (Fsp3) is 0.526. The lowest BCUT2D eigenvalue weighted by Gasteiger charge is -2.27. The summed E-state index contributed by atoms with van der Waals surface area (Å²) < 4.78 is 11.4. The van der Waals surface area contributed by atoms with Crippen molar-refractivity contribution in [3.05, 3.63) is 36.1 Å². The molecule has 0 spiro atoms. The van der Waals surface area contributed by atoms with Crippen molar-refractivity contribution in [3.63, 3.8) is 0 Å². The Balaban J connectivity index is 0.00000243. The van der Waals surface area contributed by atoms with Crippen LogP contribution < -0.4 is 10.6 Å². The van der Waals surface area contributed by atoms with Crippen LogP contribution in [0.3, 0.4) is 0 Å². The number of rotatable bonds is 7. The second-order valence-electron chi connectivity index (χ2n) is 6.58. The van der Waals surface area contributed by atoms with E-state index in [1.807, 2.05) is 37.3 Å². The Kier molecular flexibility index (Phi) is 8.17. The molecule has 3 rings (SSSR count). The summed E-state index contributed by atoms with van der Waals surface area (Å²) in [6.07, 6.45) is 1.70. The number of para-hydroxylation sites is 1. The van der Waals surface area contributed by atoms with Crippen molar-refractivity contribution in [1.29, 1.82) is 0 Å². The van der Waals surface area contributed by atoms with Crippen molar-refractivity contribution in [2.45, 2.75) is 26.3 Å². The van der Waals surface area contributed by atoms with Gasteiger partial charge in [0.2, 0.25) is 0 Å². The molecular formula is C19H28IN3O3. The first-order chi connectivity index (χ1) is 12.2. The van der Waals surface area contributed by atoms with Crippen LogP contribution in [0.15, 0.2) is 39.7 Å². The molecule has 26 heavy (non-hydrogen) atoms. The Hall–Kier alpha value is -1.32. The van der Waals surface area contributed by atoms with Gasteiger partial charge in [0.15, 0.2) is 5.96 Å². The van der Waals surface area contributed by atoms with Crippen LogP contribution in [0.5, 0.6) is 0 Å². The SMILES string of the molecule is CCNC(=NCc1cc2ccccc2o1)NCC1(CCO)CCOC1.I. The molecule has 144 valence electrons. The minimum Gasteiger partial charge on any atom is -0.459 e. The summed E-state index contributed by atoms with van der Waals surface area (Å²) in [6, 6.07) is 10.00. The normalized spacial score (nSPS) is 20.2. The summed E-state index contributed by atoms with van der Waals surface area (Å²) in [6.45, 7) is 5.67. The zero-order valence-electron chi connectivity index (χ0n) is 15.2. The summed E-state index contributed by atoms with van der Waals surface area (Å²) in [5, 5.41) is 17.1. The molecule has 0 amide bonds. The molecule has 1 fully saturated rings. The number of fused-ring (bicyclic) bond motifs is 1. The van der Waals surface area contributed by atoms with Crippen molar-refractivity contribution >= 4 is 40.9 Å². The lowest BCUT2D eigenvalue weighted by Crippen LogP contribution is -2.44. The van der Waals surface area contributed by atoms with Gasteiger partial charge in [0.25, 0.3) is 0 Å². The third-order valence-corrected chi connectivity index (χ3v) is 4.67. The number of nitrogens with one attached hydrogen (secondary N) is 2. The molecule has 1 aromatic carbocycles. The molecule has 3 N–H and O–H groups in total. The molecule has 0 radical (unpaired) electrons. The maximum Gasteiger partial charge on any atom is 0.191 e. The summed E-state index contributed by atoms with van der Waals surface area (Å²) in [5.41, 5.74) is 0.875. The van der Waals surface area contributed by atoms with Crippen LogP contribution in [0.4, 0.5) is 0 Å². The van der Waals surface area contributed by atoms with Crippen molar-refractivity contribution in [2.75, 3.05) is 32.9 Å². The number of ether oxygens (including phenoxy) is 1. The molecule has 0 aliphatic carbocycles. The number of aliphatic hydroxyl groups excluding tert-OH is 1. The van der Waals surface area contributed by atoms with E-state index in [1.54, 1.807) is 0 Å². The third-order valence-electron chi connectivity index (χ3n) is 4.67. The molecule has 1 saturated heterocycles. The Morgan fingerprint density at radius 2 is 2.15 bits per heavy atom. The number of benzene rings is 1. The molecule has 1 atom stereocenters. The van der Waals surface area contributed by atoms with Crippen molar-refractivity contribution in [2.24, 2.45) is 10.4 Å². The highest BCUT2D eigenvalue weighted by molar-refractivity contribution is 14.0. The zero-order valence-corrected chi connectivity index (χ0v) is 17.5. The third kappa shape index (κ3) is 5.34. The maximum atomic E-state index is 9.34. The van der Waals surface area contributed by atoms with E-state index >= 15 is 0 Å². The van der Waals surface area contributed by atoms with Crippen molar-refractivity contribution in [3.8, 4) is 0 Å². The number of aliphatic imine (C=N–C) groups is 1. The van der Waals surface area contributed by atoms with Crippen molar-refractivity contribution < 1.29 is 14.3 Å². The van der Waals surface area contributed by atoms with Gasteiger partial charge in [-0.15, -0.1) is 24.0 Å². The zero-order chi connectivity index (χ0) is 17.5. The monoisotopic (exact) mass is 473 g/mol. The summed E-state index contributed by atoms with van der Waals surface area (Å²) in [5.74, 6) is 1.60. The summed E-state index contributed by atoms with van der Waals surface area (Å²) in [7, 11) is 0. The molecule has 1 aliphatic rings. The number of hydrogen-bond donors (Lipinski definition) is 3. The Morgan fingerprint density at radius 1 is 1.31 bits per heavy atom. The highest BCUT2D eigenvalue weighted by Crippen LogP contribution is 2.31. The first-order valence-corrected chi connectivity index (χ1v) is 8.93. The molecule has 0 saturated carbocycles. The number of guanidine groups is 1.